The summed E-state index contributed by atoms with van der Waals surface area (Å²) in [4.78, 5) is 16.4. The van der Waals surface area contributed by atoms with Gasteiger partial charge >= 0.3 is 0 Å². The summed E-state index contributed by atoms with van der Waals surface area (Å²) in [5.74, 6) is 0.0253. The van der Waals surface area contributed by atoms with Crippen molar-refractivity contribution in [2.75, 3.05) is 0 Å². The second-order valence-corrected chi connectivity index (χ2v) is 5.40. The summed E-state index contributed by atoms with van der Waals surface area (Å²) in [5.41, 5.74) is 2.66. The minimum atomic E-state index is -0.0577. The molecule has 0 aliphatic carbocycles. The first-order valence-electron chi connectivity index (χ1n) is 7.05. The summed E-state index contributed by atoms with van der Waals surface area (Å²) >= 11 is 0. The molecular weight excluding hydrogens is 262 g/mol. The van der Waals surface area contributed by atoms with E-state index >= 15 is 0 Å². The summed E-state index contributed by atoms with van der Waals surface area (Å²) in [6.07, 6.45) is 3.53. The van der Waals surface area contributed by atoms with E-state index in [4.69, 9.17) is 0 Å². The minimum Gasteiger partial charge on any atom is -0.292 e. The zero-order valence-corrected chi connectivity index (χ0v) is 12.2. The largest absolute Gasteiger partial charge is 0.292 e. The quantitative estimate of drug-likeness (QED) is 0.688. The molecule has 21 heavy (non-hydrogen) atoms. The Morgan fingerprint density at radius 1 is 1.14 bits per heavy atom. The average molecular weight is 279 g/mol. The first-order valence-corrected chi connectivity index (χ1v) is 7.05. The highest BCUT2D eigenvalue weighted by atomic mass is 16.1. The van der Waals surface area contributed by atoms with Crippen molar-refractivity contribution in [3.63, 3.8) is 0 Å². The van der Waals surface area contributed by atoms with Crippen LogP contribution in [0.15, 0.2) is 48.8 Å². The summed E-state index contributed by atoms with van der Waals surface area (Å²) < 4.78 is 1.89. The third kappa shape index (κ3) is 2.57. The Hall–Kier alpha value is -2.49. The number of carbonyl (C=O) groups excluding carboxylic acids is 1. The number of para-hydroxylation sites is 1. The van der Waals surface area contributed by atoms with Crippen LogP contribution in [0.1, 0.15) is 29.9 Å². The van der Waals surface area contributed by atoms with E-state index in [1.54, 1.807) is 12.4 Å². The van der Waals surface area contributed by atoms with Crippen LogP contribution in [0.4, 0.5) is 0 Å². The molecule has 3 rings (SSSR count). The second kappa shape index (κ2) is 5.48. The average Bonchev–Trinajstić information content (AvgIpc) is 2.86. The molecular formula is C17H17N3O. The maximum atomic E-state index is 12.3. The lowest BCUT2D eigenvalue weighted by atomic mass is 10.0. The molecule has 2 heterocycles. The van der Waals surface area contributed by atoms with Crippen LogP contribution in [-0.4, -0.2) is 20.5 Å². The molecule has 0 spiro atoms. The highest BCUT2D eigenvalue weighted by Crippen LogP contribution is 2.21. The van der Waals surface area contributed by atoms with Gasteiger partial charge in [-0.05, 0) is 23.8 Å². The van der Waals surface area contributed by atoms with Crippen LogP contribution < -0.4 is 0 Å². The lowest BCUT2D eigenvalue weighted by Crippen LogP contribution is -2.10. The van der Waals surface area contributed by atoms with Crippen LogP contribution in [0, 0.1) is 5.92 Å². The lowest BCUT2D eigenvalue weighted by molar-refractivity contribution is 0.0935. The number of aromatic nitrogens is 3. The van der Waals surface area contributed by atoms with Gasteiger partial charge in [0.05, 0.1) is 12.1 Å². The van der Waals surface area contributed by atoms with E-state index in [1.807, 2.05) is 54.9 Å². The molecule has 4 nitrogen and oxygen atoms in total. The fourth-order valence-electron chi connectivity index (χ4n) is 2.36. The second-order valence-electron chi connectivity index (χ2n) is 5.40. The van der Waals surface area contributed by atoms with Gasteiger partial charge in [0, 0.05) is 23.7 Å². The zero-order chi connectivity index (χ0) is 14.8. The molecule has 0 aliphatic rings. The van der Waals surface area contributed by atoms with E-state index in [0.717, 1.165) is 16.5 Å². The van der Waals surface area contributed by atoms with Gasteiger partial charge in [-0.3, -0.25) is 14.5 Å². The highest BCUT2D eigenvalue weighted by molar-refractivity contribution is 6.06. The molecule has 0 saturated carbocycles. The van der Waals surface area contributed by atoms with Crippen molar-refractivity contribution in [2.24, 2.45) is 5.92 Å². The van der Waals surface area contributed by atoms with Gasteiger partial charge in [-0.15, -0.1) is 0 Å². The SMILES string of the molecule is CC(C)C(=O)c1nn(Cc2ccncc2)c2ccccc12. The number of nitrogens with zero attached hydrogens (tertiary/aromatic N) is 3. The van der Waals surface area contributed by atoms with Gasteiger partial charge in [0.25, 0.3) is 0 Å². The molecule has 4 heteroatoms. The van der Waals surface area contributed by atoms with Crippen molar-refractivity contribution in [3.05, 3.63) is 60.0 Å². The normalized spacial score (nSPS) is 11.2. The van der Waals surface area contributed by atoms with Gasteiger partial charge in [0.1, 0.15) is 5.69 Å². The molecule has 0 bridgehead atoms. The molecule has 3 aromatic rings. The fraction of sp³-hybridized carbons (Fsp3) is 0.235. The van der Waals surface area contributed by atoms with Gasteiger partial charge in [-0.25, -0.2) is 0 Å². The van der Waals surface area contributed by atoms with E-state index in [1.165, 1.54) is 0 Å². The Kier molecular flexibility index (Phi) is 3.52. The van der Waals surface area contributed by atoms with Crippen LogP contribution in [0.5, 0.6) is 0 Å². The van der Waals surface area contributed by atoms with Gasteiger partial charge in [-0.1, -0.05) is 32.0 Å². The Balaban J connectivity index is 2.09. The molecule has 0 aliphatic heterocycles. The molecule has 0 unspecified atom stereocenters. The molecule has 1 aromatic carbocycles. The number of Topliss-reactive ketones (excluding diaryl/α,β-unsaturated/α-hetero) is 1. The highest BCUT2D eigenvalue weighted by Gasteiger charge is 2.19. The maximum Gasteiger partial charge on any atom is 0.186 e. The van der Waals surface area contributed by atoms with E-state index < -0.39 is 0 Å². The molecule has 0 amide bonds. The standard InChI is InChI=1S/C17H17N3O/c1-12(2)17(21)16-14-5-3-4-6-15(14)20(19-16)11-13-7-9-18-10-8-13/h3-10,12H,11H2,1-2H3. The maximum absolute atomic E-state index is 12.3. The van der Waals surface area contributed by atoms with Crippen LogP contribution in [0.25, 0.3) is 10.9 Å². The summed E-state index contributed by atoms with van der Waals surface area (Å²) in [7, 11) is 0. The fourth-order valence-corrected chi connectivity index (χ4v) is 2.36. The lowest BCUT2D eigenvalue weighted by Gasteiger charge is -2.03. The Morgan fingerprint density at radius 3 is 2.57 bits per heavy atom. The third-order valence-electron chi connectivity index (χ3n) is 3.50. The monoisotopic (exact) mass is 279 g/mol. The zero-order valence-electron chi connectivity index (χ0n) is 12.2. The minimum absolute atomic E-state index is 0.0577. The topological polar surface area (TPSA) is 47.8 Å². The van der Waals surface area contributed by atoms with Crippen molar-refractivity contribution in [1.82, 2.24) is 14.8 Å². The molecule has 106 valence electrons. The smallest absolute Gasteiger partial charge is 0.186 e. The van der Waals surface area contributed by atoms with Crippen LogP contribution in [0.2, 0.25) is 0 Å². The van der Waals surface area contributed by atoms with Gasteiger partial charge < -0.3 is 0 Å². The van der Waals surface area contributed by atoms with Crippen molar-refractivity contribution >= 4 is 16.7 Å². The molecule has 0 fully saturated rings. The molecule has 2 aromatic heterocycles. The number of pyridine rings is 1. The molecule has 0 saturated heterocycles. The van der Waals surface area contributed by atoms with Crippen molar-refractivity contribution in [3.8, 4) is 0 Å². The van der Waals surface area contributed by atoms with E-state index in [2.05, 4.69) is 10.1 Å². The first-order chi connectivity index (χ1) is 10.2. The van der Waals surface area contributed by atoms with Crippen LogP contribution >= 0.6 is 0 Å². The third-order valence-corrected chi connectivity index (χ3v) is 3.50. The van der Waals surface area contributed by atoms with Crippen molar-refractivity contribution in [2.45, 2.75) is 20.4 Å². The number of fused-ring (bicyclic) bond motifs is 1. The molecule has 0 atom stereocenters. The number of rotatable bonds is 4. The number of benzene rings is 1. The van der Waals surface area contributed by atoms with E-state index in [0.29, 0.717) is 12.2 Å². The predicted molar refractivity (Wildman–Crippen MR) is 82.2 cm³/mol. The summed E-state index contributed by atoms with van der Waals surface area (Å²) in [6.45, 7) is 4.44. The number of carbonyl (C=O) groups is 1. The van der Waals surface area contributed by atoms with Crippen molar-refractivity contribution in [1.29, 1.82) is 0 Å². The summed E-state index contributed by atoms with van der Waals surface area (Å²) in [6, 6.07) is 11.8. The van der Waals surface area contributed by atoms with Crippen LogP contribution in [-0.2, 0) is 6.54 Å². The number of ketones is 1. The van der Waals surface area contributed by atoms with E-state index in [9.17, 15) is 4.79 Å². The Labute approximate surface area is 123 Å². The van der Waals surface area contributed by atoms with Crippen LogP contribution in [0.3, 0.4) is 0 Å². The number of hydrogen-bond acceptors (Lipinski definition) is 3. The first kappa shape index (κ1) is 13.5. The molecule has 0 radical (unpaired) electrons. The predicted octanol–water partition coefficient (Wildman–Crippen LogP) is 3.32. The van der Waals surface area contributed by atoms with Gasteiger partial charge in [0.2, 0.25) is 0 Å². The van der Waals surface area contributed by atoms with E-state index in [-0.39, 0.29) is 11.7 Å². The molecule has 0 N–H and O–H groups in total. The van der Waals surface area contributed by atoms with Gasteiger partial charge in [0.15, 0.2) is 5.78 Å². The van der Waals surface area contributed by atoms with Crippen molar-refractivity contribution < 1.29 is 4.79 Å². The Bertz CT molecular complexity index is 775. The number of hydrogen-bond donors (Lipinski definition) is 0. The Morgan fingerprint density at radius 2 is 1.86 bits per heavy atom. The van der Waals surface area contributed by atoms with Gasteiger partial charge in [-0.2, -0.15) is 5.10 Å². The summed E-state index contributed by atoms with van der Waals surface area (Å²) in [5, 5.41) is 5.47.